The second kappa shape index (κ2) is 6.73. The summed E-state index contributed by atoms with van der Waals surface area (Å²) in [5.41, 5.74) is 2.03. The highest BCUT2D eigenvalue weighted by molar-refractivity contribution is 5.91. The summed E-state index contributed by atoms with van der Waals surface area (Å²) in [6.07, 6.45) is 1.51. The number of benzene rings is 2. The number of amides is 1. The van der Waals surface area contributed by atoms with E-state index in [-0.39, 0.29) is 12.7 Å². The Labute approximate surface area is 145 Å². The molecule has 2 aromatic carbocycles. The third kappa shape index (κ3) is 3.35. The average molecular weight is 335 g/mol. The van der Waals surface area contributed by atoms with E-state index in [9.17, 15) is 4.79 Å². The van der Waals surface area contributed by atoms with E-state index in [1.54, 1.807) is 17.0 Å². The molecule has 0 saturated carbocycles. The van der Waals surface area contributed by atoms with Crippen LogP contribution in [-0.2, 0) is 13.1 Å². The van der Waals surface area contributed by atoms with Crippen molar-refractivity contribution in [3.63, 3.8) is 0 Å². The van der Waals surface area contributed by atoms with E-state index in [2.05, 4.69) is 0 Å². The van der Waals surface area contributed by atoms with Gasteiger partial charge in [0.1, 0.15) is 0 Å². The second-order valence-corrected chi connectivity index (χ2v) is 5.81. The van der Waals surface area contributed by atoms with Gasteiger partial charge in [0.05, 0.1) is 6.26 Å². The number of carbonyl (C=O) groups is 1. The molecule has 0 saturated heterocycles. The van der Waals surface area contributed by atoms with E-state index < -0.39 is 0 Å². The Balaban J connectivity index is 1.59. The average Bonchev–Trinajstić information content (AvgIpc) is 3.33. The smallest absolute Gasteiger partial charge is 0.290 e. The molecule has 126 valence electrons. The van der Waals surface area contributed by atoms with Gasteiger partial charge in [-0.2, -0.15) is 0 Å². The Morgan fingerprint density at radius 1 is 0.880 bits per heavy atom. The van der Waals surface area contributed by atoms with Crippen molar-refractivity contribution < 1.29 is 18.7 Å². The summed E-state index contributed by atoms with van der Waals surface area (Å²) in [5.74, 6) is 1.63. The normalized spacial score (nSPS) is 12.2. The fourth-order valence-corrected chi connectivity index (χ4v) is 2.82. The molecule has 0 fully saturated rings. The molecule has 0 bridgehead atoms. The molecule has 1 amide bonds. The van der Waals surface area contributed by atoms with Crippen molar-refractivity contribution in [2.75, 3.05) is 6.79 Å². The first-order valence-corrected chi connectivity index (χ1v) is 8.05. The monoisotopic (exact) mass is 335 g/mol. The Kier molecular flexibility index (Phi) is 4.12. The van der Waals surface area contributed by atoms with Crippen molar-refractivity contribution in [1.82, 2.24) is 4.90 Å². The van der Waals surface area contributed by atoms with Crippen LogP contribution in [0.25, 0.3) is 0 Å². The van der Waals surface area contributed by atoms with Crippen LogP contribution in [0, 0.1) is 0 Å². The van der Waals surface area contributed by atoms with Crippen LogP contribution < -0.4 is 9.47 Å². The maximum atomic E-state index is 12.8. The first-order chi connectivity index (χ1) is 12.3. The molecule has 5 nitrogen and oxygen atoms in total. The van der Waals surface area contributed by atoms with E-state index >= 15 is 0 Å². The Bertz CT molecular complexity index is 859. The van der Waals surface area contributed by atoms with Gasteiger partial charge < -0.3 is 18.8 Å². The Hall–Kier alpha value is -3.21. The van der Waals surface area contributed by atoms with Crippen LogP contribution >= 0.6 is 0 Å². The lowest BCUT2D eigenvalue weighted by Crippen LogP contribution is -2.29. The minimum atomic E-state index is -0.147. The van der Waals surface area contributed by atoms with E-state index in [4.69, 9.17) is 13.9 Å². The molecule has 4 rings (SSSR count). The summed E-state index contributed by atoms with van der Waals surface area (Å²) in [6.45, 7) is 1.18. The molecular weight excluding hydrogens is 318 g/mol. The van der Waals surface area contributed by atoms with Gasteiger partial charge in [0, 0.05) is 13.1 Å². The summed E-state index contributed by atoms with van der Waals surface area (Å²) in [4.78, 5) is 14.6. The molecule has 25 heavy (non-hydrogen) atoms. The quantitative estimate of drug-likeness (QED) is 0.711. The SMILES string of the molecule is O=C(c1ccco1)N(Cc1ccccc1)Cc1ccc2c(c1)OCO2. The van der Waals surface area contributed by atoms with Crippen LogP contribution in [0.1, 0.15) is 21.7 Å². The number of furan rings is 1. The molecule has 0 radical (unpaired) electrons. The van der Waals surface area contributed by atoms with Crippen molar-refractivity contribution in [3.8, 4) is 11.5 Å². The molecule has 3 aromatic rings. The first kappa shape index (κ1) is 15.3. The highest BCUT2D eigenvalue weighted by Crippen LogP contribution is 2.33. The Morgan fingerprint density at radius 2 is 1.68 bits per heavy atom. The lowest BCUT2D eigenvalue weighted by Gasteiger charge is -2.22. The van der Waals surface area contributed by atoms with Gasteiger partial charge in [-0.05, 0) is 35.4 Å². The molecule has 1 aliphatic heterocycles. The Morgan fingerprint density at radius 3 is 2.48 bits per heavy atom. The molecular formula is C20H17NO4. The van der Waals surface area contributed by atoms with Crippen LogP contribution in [0.15, 0.2) is 71.3 Å². The highest BCUT2D eigenvalue weighted by atomic mass is 16.7. The summed E-state index contributed by atoms with van der Waals surface area (Å²) >= 11 is 0. The number of hydrogen-bond donors (Lipinski definition) is 0. The molecule has 0 N–H and O–H groups in total. The highest BCUT2D eigenvalue weighted by Gasteiger charge is 2.20. The molecule has 0 aliphatic carbocycles. The largest absolute Gasteiger partial charge is 0.459 e. The number of nitrogens with zero attached hydrogens (tertiary/aromatic N) is 1. The van der Waals surface area contributed by atoms with Crippen LogP contribution in [0.5, 0.6) is 11.5 Å². The maximum Gasteiger partial charge on any atom is 0.290 e. The predicted octanol–water partition coefficient (Wildman–Crippen LogP) is 3.85. The number of rotatable bonds is 5. The molecule has 0 atom stereocenters. The summed E-state index contributed by atoms with van der Waals surface area (Å²) in [6, 6.07) is 19.0. The minimum Gasteiger partial charge on any atom is -0.459 e. The van der Waals surface area contributed by atoms with E-state index in [0.29, 0.717) is 24.6 Å². The fourth-order valence-electron chi connectivity index (χ4n) is 2.82. The van der Waals surface area contributed by atoms with Crippen molar-refractivity contribution in [2.24, 2.45) is 0 Å². The number of hydrogen-bond acceptors (Lipinski definition) is 4. The van der Waals surface area contributed by atoms with Crippen LogP contribution in [0.4, 0.5) is 0 Å². The van der Waals surface area contributed by atoms with Crippen LogP contribution in [0.2, 0.25) is 0 Å². The van der Waals surface area contributed by atoms with Crippen molar-refractivity contribution >= 4 is 5.91 Å². The third-order valence-corrected chi connectivity index (χ3v) is 4.05. The summed E-state index contributed by atoms with van der Waals surface area (Å²) in [5, 5.41) is 0. The standard InChI is InChI=1S/C20H17NO4/c22-20(18-7-4-10-23-18)21(12-15-5-2-1-3-6-15)13-16-8-9-17-19(11-16)25-14-24-17/h1-11H,12-14H2. The lowest BCUT2D eigenvalue weighted by atomic mass is 10.1. The van der Waals surface area contributed by atoms with Crippen molar-refractivity contribution in [1.29, 1.82) is 0 Å². The predicted molar refractivity (Wildman–Crippen MR) is 91.3 cm³/mol. The fraction of sp³-hybridized carbons (Fsp3) is 0.150. The molecule has 2 heterocycles. The molecule has 1 aromatic heterocycles. The molecule has 0 unspecified atom stereocenters. The van der Waals surface area contributed by atoms with Crippen LogP contribution in [0.3, 0.4) is 0 Å². The van der Waals surface area contributed by atoms with Gasteiger partial charge in [-0.25, -0.2) is 0 Å². The number of ether oxygens (including phenoxy) is 2. The van der Waals surface area contributed by atoms with Gasteiger partial charge in [0.25, 0.3) is 5.91 Å². The van der Waals surface area contributed by atoms with Gasteiger partial charge in [-0.15, -0.1) is 0 Å². The van der Waals surface area contributed by atoms with Crippen molar-refractivity contribution in [3.05, 3.63) is 83.8 Å². The van der Waals surface area contributed by atoms with Gasteiger partial charge >= 0.3 is 0 Å². The zero-order valence-corrected chi connectivity index (χ0v) is 13.6. The van der Waals surface area contributed by atoms with Gasteiger partial charge in [-0.3, -0.25) is 4.79 Å². The molecule has 0 spiro atoms. The zero-order valence-electron chi connectivity index (χ0n) is 13.6. The number of carbonyl (C=O) groups excluding carboxylic acids is 1. The number of fused-ring (bicyclic) bond motifs is 1. The van der Waals surface area contributed by atoms with E-state index in [0.717, 1.165) is 16.9 Å². The lowest BCUT2D eigenvalue weighted by molar-refractivity contribution is 0.0697. The third-order valence-electron chi connectivity index (χ3n) is 4.05. The molecule has 1 aliphatic rings. The van der Waals surface area contributed by atoms with E-state index in [1.165, 1.54) is 6.26 Å². The first-order valence-electron chi connectivity index (χ1n) is 8.05. The minimum absolute atomic E-state index is 0.147. The summed E-state index contributed by atoms with van der Waals surface area (Å²) in [7, 11) is 0. The van der Waals surface area contributed by atoms with Gasteiger partial charge in [0.2, 0.25) is 6.79 Å². The maximum absolute atomic E-state index is 12.8. The zero-order chi connectivity index (χ0) is 17.1. The molecule has 5 heteroatoms. The van der Waals surface area contributed by atoms with E-state index in [1.807, 2.05) is 48.5 Å². The van der Waals surface area contributed by atoms with Gasteiger partial charge in [0.15, 0.2) is 17.3 Å². The van der Waals surface area contributed by atoms with Crippen LogP contribution in [-0.4, -0.2) is 17.6 Å². The van der Waals surface area contributed by atoms with Gasteiger partial charge in [-0.1, -0.05) is 36.4 Å². The summed E-state index contributed by atoms with van der Waals surface area (Å²) < 4.78 is 16.1. The topological polar surface area (TPSA) is 51.9 Å². The second-order valence-electron chi connectivity index (χ2n) is 5.81. The van der Waals surface area contributed by atoms with Crippen molar-refractivity contribution in [2.45, 2.75) is 13.1 Å².